The quantitative estimate of drug-likeness (QED) is 0.710. The average Bonchev–Trinajstić information content (AvgIpc) is 2.99. The molecule has 0 aliphatic carbocycles. The van der Waals surface area contributed by atoms with Crippen LogP contribution in [0.5, 0.6) is 0 Å². The van der Waals surface area contributed by atoms with Crippen LogP contribution in [0.3, 0.4) is 0 Å². The molecule has 0 aliphatic heterocycles. The molecular weight excluding hydrogens is 240 g/mol. The van der Waals surface area contributed by atoms with Crippen LogP contribution in [0.2, 0.25) is 0 Å². The standard InChI is InChI=1S/C9H12N6OS/c1-10-9-15-14-8(17-9)7(16)12-3-2-6-4-11-5-13-6/h4-5H,2-3H2,1H3,(H,10,15)(H,11,13)(H,12,16). The first-order chi connectivity index (χ1) is 8.29. The molecule has 0 saturated carbocycles. The van der Waals surface area contributed by atoms with Crippen LogP contribution < -0.4 is 10.6 Å². The van der Waals surface area contributed by atoms with Crippen molar-refractivity contribution in [3.8, 4) is 0 Å². The molecular formula is C9H12N6OS. The molecule has 3 N–H and O–H groups in total. The highest BCUT2D eigenvalue weighted by Gasteiger charge is 2.11. The minimum Gasteiger partial charge on any atom is -0.363 e. The number of amides is 1. The maximum Gasteiger partial charge on any atom is 0.282 e. The second kappa shape index (κ2) is 5.39. The maximum absolute atomic E-state index is 11.6. The Morgan fingerprint density at radius 3 is 3.06 bits per heavy atom. The van der Waals surface area contributed by atoms with Gasteiger partial charge in [-0.3, -0.25) is 4.79 Å². The third kappa shape index (κ3) is 3.00. The van der Waals surface area contributed by atoms with E-state index < -0.39 is 0 Å². The molecule has 0 saturated heterocycles. The van der Waals surface area contributed by atoms with Gasteiger partial charge in [0.05, 0.1) is 6.33 Å². The van der Waals surface area contributed by atoms with Crippen LogP contribution in [0.1, 0.15) is 15.5 Å². The molecule has 8 heteroatoms. The average molecular weight is 252 g/mol. The van der Waals surface area contributed by atoms with E-state index >= 15 is 0 Å². The number of anilines is 1. The fourth-order valence-corrected chi connectivity index (χ4v) is 1.84. The number of nitrogens with one attached hydrogen (secondary N) is 3. The van der Waals surface area contributed by atoms with Gasteiger partial charge in [-0.2, -0.15) is 0 Å². The van der Waals surface area contributed by atoms with E-state index in [-0.39, 0.29) is 5.91 Å². The minimum atomic E-state index is -0.205. The Hall–Kier alpha value is -1.96. The van der Waals surface area contributed by atoms with Crippen LogP contribution >= 0.6 is 11.3 Å². The summed E-state index contributed by atoms with van der Waals surface area (Å²) in [6.45, 7) is 0.537. The molecule has 1 amide bonds. The van der Waals surface area contributed by atoms with Gasteiger partial charge in [0, 0.05) is 31.9 Å². The van der Waals surface area contributed by atoms with E-state index in [4.69, 9.17) is 0 Å². The Kier molecular flexibility index (Phi) is 3.66. The van der Waals surface area contributed by atoms with Crippen LogP contribution in [0.4, 0.5) is 5.13 Å². The van der Waals surface area contributed by atoms with E-state index in [9.17, 15) is 4.79 Å². The number of imidazole rings is 1. The first-order valence-corrected chi connectivity index (χ1v) is 5.88. The van der Waals surface area contributed by atoms with Gasteiger partial charge in [0.1, 0.15) is 0 Å². The Bertz CT molecular complexity index is 479. The maximum atomic E-state index is 11.6. The number of nitrogens with zero attached hydrogens (tertiary/aromatic N) is 3. The number of hydrogen-bond donors (Lipinski definition) is 3. The molecule has 0 radical (unpaired) electrons. The molecule has 0 spiro atoms. The van der Waals surface area contributed by atoms with Crippen LogP contribution in [0.25, 0.3) is 0 Å². The molecule has 0 fully saturated rings. The lowest BCUT2D eigenvalue weighted by Gasteiger charge is -2.00. The van der Waals surface area contributed by atoms with Crippen molar-refractivity contribution in [3.63, 3.8) is 0 Å². The zero-order chi connectivity index (χ0) is 12.1. The Morgan fingerprint density at radius 1 is 1.53 bits per heavy atom. The lowest BCUT2D eigenvalue weighted by molar-refractivity contribution is 0.0953. The van der Waals surface area contributed by atoms with Crippen molar-refractivity contribution < 1.29 is 4.79 Å². The topological polar surface area (TPSA) is 95.6 Å². The summed E-state index contributed by atoms with van der Waals surface area (Å²) >= 11 is 1.22. The van der Waals surface area contributed by atoms with E-state index in [2.05, 4.69) is 30.8 Å². The molecule has 0 bridgehead atoms. The second-order valence-electron chi connectivity index (χ2n) is 3.25. The van der Waals surface area contributed by atoms with E-state index in [0.29, 0.717) is 23.1 Å². The first kappa shape index (κ1) is 11.5. The van der Waals surface area contributed by atoms with Crippen LogP contribution in [-0.4, -0.2) is 39.7 Å². The van der Waals surface area contributed by atoms with Gasteiger partial charge in [0.15, 0.2) is 0 Å². The summed E-state index contributed by atoms with van der Waals surface area (Å²) < 4.78 is 0. The normalized spacial score (nSPS) is 10.2. The zero-order valence-electron chi connectivity index (χ0n) is 9.23. The lowest BCUT2D eigenvalue weighted by atomic mass is 10.3. The van der Waals surface area contributed by atoms with Crippen molar-refractivity contribution in [3.05, 3.63) is 23.2 Å². The summed E-state index contributed by atoms with van der Waals surface area (Å²) in [5.41, 5.74) is 0.985. The molecule has 0 aromatic carbocycles. The molecule has 0 atom stereocenters. The van der Waals surface area contributed by atoms with Gasteiger partial charge in [0.2, 0.25) is 10.1 Å². The largest absolute Gasteiger partial charge is 0.363 e. The Morgan fingerprint density at radius 2 is 2.41 bits per heavy atom. The van der Waals surface area contributed by atoms with Gasteiger partial charge >= 0.3 is 0 Å². The number of H-pyrrole nitrogens is 1. The number of aromatic amines is 1. The molecule has 7 nitrogen and oxygen atoms in total. The van der Waals surface area contributed by atoms with Crippen LogP contribution in [0.15, 0.2) is 12.5 Å². The van der Waals surface area contributed by atoms with Crippen molar-refractivity contribution in [2.75, 3.05) is 18.9 Å². The smallest absolute Gasteiger partial charge is 0.282 e. The van der Waals surface area contributed by atoms with E-state index in [1.165, 1.54) is 11.3 Å². The Labute approximate surface area is 102 Å². The predicted octanol–water partition coefficient (Wildman–Crippen LogP) is 0.275. The molecule has 90 valence electrons. The highest BCUT2D eigenvalue weighted by Crippen LogP contribution is 2.13. The minimum absolute atomic E-state index is 0.205. The van der Waals surface area contributed by atoms with Gasteiger partial charge in [0.25, 0.3) is 5.91 Å². The number of carbonyl (C=O) groups excluding carboxylic acids is 1. The fourth-order valence-electron chi connectivity index (χ4n) is 1.22. The van der Waals surface area contributed by atoms with Gasteiger partial charge in [-0.25, -0.2) is 4.98 Å². The molecule has 17 heavy (non-hydrogen) atoms. The summed E-state index contributed by atoms with van der Waals surface area (Å²) in [6.07, 6.45) is 4.06. The molecule has 2 rings (SSSR count). The summed E-state index contributed by atoms with van der Waals surface area (Å²) in [6, 6.07) is 0. The van der Waals surface area contributed by atoms with E-state index in [1.807, 2.05) is 0 Å². The highest BCUT2D eigenvalue weighted by atomic mass is 32.1. The van der Waals surface area contributed by atoms with Crippen molar-refractivity contribution in [2.45, 2.75) is 6.42 Å². The number of hydrogen-bond acceptors (Lipinski definition) is 6. The summed E-state index contributed by atoms with van der Waals surface area (Å²) in [4.78, 5) is 18.5. The van der Waals surface area contributed by atoms with Crippen LogP contribution in [-0.2, 0) is 6.42 Å². The number of carbonyl (C=O) groups is 1. The zero-order valence-corrected chi connectivity index (χ0v) is 10.0. The van der Waals surface area contributed by atoms with Crippen molar-refractivity contribution in [1.82, 2.24) is 25.5 Å². The lowest BCUT2D eigenvalue weighted by Crippen LogP contribution is -2.25. The molecule has 0 aliphatic rings. The molecule has 0 unspecified atom stereocenters. The van der Waals surface area contributed by atoms with Crippen molar-refractivity contribution in [2.24, 2.45) is 0 Å². The van der Waals surface area contributed by atoms with Gasteiger partial charge in [-0.15, -0.1) is 10.2 Å². The number of aromatic nitrogens is 4. The summed E-state index contributed by atoms with van der Waals surface area (Å²) in [7, 11) is 1.74. The first-order valence-electron chi connectivity index (χ1n) is 5.06. The third-order valence-corrected chi connectivity index (χ3v) is 3.01. The summed E-state index contributed by atoms with van der Waals surface area (Å²) in [5.74, 6) is -0.205. The van der Waals surface area contributed by atoms with Gasteiger partial charge in [-0.05, 0) is 0 Å². The molecule has 2 aromatic rings. The van der Waals surface area contributed by atoms with Crippen molar-refractivity contribution >= 4 is 22.4 Å². The monoisotopic (exact) mass is 252 g/mol. The predicted molar refractivity (Wildman–Crippen MR) is 64.1 cm³/mol. The van der Waals surface area contributed by atoms with E-state index in [0.717, 1.165) is 5.69 Å². The highest BCUT2D eigenvalue weighted by molar-refractivity contribution is 7.17. The number of rotatable bonds is 5. The second-order valence-corrected chi connectivity index (χ2v) is 4.22. The van der Waals surface area contributed by atoms with Crippen LogP contribution in [0, 0.1) is 0 Å². The Balaban J connectivity index is 1.81. The van der Waals surface area contributed by atoms with E-state index in [1.54, 1.807) is 19.6 Å². The molecule has 2 aromatic heterocycles. The van der Waals surface area contributed by atoms with Gasteiger partial charge < -0.3 is 15.6 Å². The molecule has 2 heterocycles. The SMILES string of the molecule is CNc1nnc(C(=O)NCCc2cnc[nH]2)s1. The van der Waals surface area contributed by atoms with Gasteiger partial charge in [-0.1, -0.05) is 11.3 Å². The third-order valence-electron chi connectivity index (χ3n) is 2.07. The van der Waals surface area contributed by atoms with Crippen molar-refractivity contribution in [1.29, 1.82) is 0 Å². The fraction of sp³-hybridized carbons (Fsp3) is 0.333. The summed E-state index contributed by atoms with van der Waals surface area (Å²) in [5, 5.41) is 14.2.